The van der Waals surface area contributed by atoms with Crippen LogP contribution in [0.15, 0.2) is 17.4 Å². The van der Waals surface area contributed by atoms with Crippen LogP contribution in [0.5, 0.6) is 0 Å². The van der Waals surface area contributed by atoms with Gasteiger partial charge in [0.25, 0.3) is 0 Å². The van der Waals surface area contributed by atoms with Gasteiger partial charge in [-0.1, -0.05) is 0 Å². The van der Waals surface area contributed by atoms with Crippen molar-refractivity contribution in [1.82, 2.24) is 24.7 Å². The average Bonchev–Trinajstić information content (AvgIpc) is 3.02. The first-order valence-corrected chi connectivity index (χ1v) is 10.6. The van der Waals surface area contributed by atoms with Gasteiger partial charge in [0.15, 0.2) is 5.96 Å². The summed E-state index contributed by atoms with van der Waals surface area (Å²) in [5.74, 6) is 1.00. The first-order chi connectivity index (χ1) is 12.1. The van der Waals surface area contributed by atoms with E-state index in [-0.39, 0.29) is 0 Å². The number of aliphatic imine (C=N–C) groups is 1. The highest BCUT2D eigenvalue weighted by atomic mass is 32.2. The molecular weight excluding hydrogens is 356 g/mol. The third kappa shape index (κ3) is 5.68. The lowest BCUT2D eigenvalue weighted by atomic mass is 9.98. The van der Waals surface area contributed by atoms with Gasteiger partial charge >= 0.3 is 0 Å². The van der Waals surface area contributed by atoms with E-state index in [0.717, 1.165) is 18.4 Å². The van der Waals surface area contributed by atoms with Crippen molar-refractivity contribution in [2.45, 2.75) is 25.4 Å². The van der Waals surface area contributed by atoms with Crippen LogP contribution in [-0.4, -0.2) is 73.1 Å². The zero-order chi connectivity index (χ0) is 19.4. The number of sulfonamides is 1. The number of nitrogens with one attached hydrogen (secondary N) is 2. The molecule has 3 N–H and O–H groups in total. The van der Waals surface area contributed by atoms with Crippen molar-refractivity contribution in [2.75, 3.05) is 39.5 Å². The maximum atomic E-state index is 11.6. The molecule has 1 fully saturated rings. The molecule has 1 saturated heterocycles. The van der Waals surface area contributed by atoms with Crippen LogP contribution >= 0.6 is 0 Å². The lowest BCUT2D eigenvalue weighted by Crippen LogP contribution is -2.47. The summed E-state index contributed by atoms with van der Waals surface area (Å²) in [6.07, 6.45) is 6.33. The minimum Gasteiger partial charge on any atom is -0.383 e. The molecule has 0 saturated carbocycles. The van der Waals surface area contributed by atoms with Gasteiger partial charge in [-0.2, -0.15) is 5.10 Å². The molecule has 26 heavy (non-hydrogen) atoms. The molecule has 2 rings (SSSR count). The summed E-state index contributed by atoms with van der Waals surface area (Å²) in [4.78, 5) is 4.18. The number of aryl methyl sites for hydroxylation is 1. The van der Waals surface area contributed by atoms with E-state index in [0.29, 0.717) is 38.1 Å². The Kier molecular flexibility index (Phi) is 6.64. The molecular formula is C16H30N6O3S. The fraction of sp³-hybridized carbons (Fsp3) is 0.750. The molecule has 1 atom stereocenters. The van der Waals surface area contributed by atoms with Crippen LogP contribution in [0, 0.1) is 5.92 Å². The molecule has 148 valence electrons. The Morgan fingerprint density at radius 3 is 2.58 bits per heavy atom. The smallest absolute Gasteiger partial charge is 0.211 e. The summed E-state index contributed by atoms with van der Waals surface area (Å²) >= 11 is 0. The van der Waals surface area contributed by atoms with Crippen molar-refractivity contribution < 1.29 is 13.5 Å². The molecule has 1 aromatic heterocycles. The van der Waals surface area contributed by atoms with Crippen molar-refractivity contribution in [3.63, 3.8) is 0 Å². The number of aliphatic hydroxyl groups is 1. The zero-order valence-corrected chi connectivity index (χ0v) is 16.8. The van der Waals surface area contributed by atoms with Gasteiger partial charge in [-0.05, 0) is 25.7 Å². The van der Waals surface area contributed by atoms with E-state index >= 15 is 0 Å². The summed E-state index contributed by atoms with van der Waals surface area (Å²) in [6.45, 7) is 3.86. The topological polar surface area (TPSA) is 112 Å². The van der Waals surface area contributed by atoms with E-state index in [4.69, 9.17) is 0 Å². The summed E-state index contributed by atoms with van der Waals surface area (Å²) in [5.41, 5.74) is -0.330. The molecule has 0 radical (unpaired) electrons. The van der Waals surface area contributed by atoms with Crippen LogP contribution in [0.2, 0.25) is 0 Å². The summed E-state index contributed by atoms with van der Waals surface area (Å²) < 4.78 is 26.3. The Morgan fingerprint density at radius 2 is 2.08 bits per heavy atom. The highest BCUT2D eigenvalue weighted by molar-refractivity contribution is 7.88. The lowest BCUT2D eigenvalue weighted by molar-refractivity contribution is 0.0616. The van der Waals surface area contributed by atoms with Crippen LogP contribution < -0.4 is 10.6 Å². The van der Waals surface area contributed by atoms with Gasteiger partial charge in [-0.15, -0.1) is 0 Å². The lowest BCUT2D eigenvalue weighted by Gasteiger charge is -2.30. The van der Waals surface area contributed by atoms with Gasteiger partial charge < -0.3 is 15.7 Å². The maximum absolute atomic E-state index is 11.6. The fourth-order valence-electron chi connectivity index (χ4n) is 2.96. The molecule has 1 aliphatic rings. The molecule has 0 amide bonds. The summed E-state index contributed by atoms with van der Waals surface area (Å²) in [7, 11) is 0.396. The van der Waals surface area contributed by atoms with E-state index in [1.54, 1.807) is 31.0 Å². The Bertz CT molecular complexity index is 720. The van der Waals surface area contributed by atoms with Crippen molar-refractivity contribution in [1.29, 1.82) is 0 Å². The van der Waals surface area contributed by atoms with Crippen molar-refractivity contribution in [3.05, 3.63) is 18.0 Å². The largest absolute Gasteiger partial charge is 0.383 e. The molecule has 0 aliphatic carbocycles. The van der Waals surface area contributed by atoms with Crippen LogP contribution in [0.4, 0.5) is 0 Å². The number of rotatable bonds is 6. The first kappa shape index (κ1) is 20.7. The van der Waals surface area contributed by atoms with E-state index < -0.39 is 15.6 Å². The minimum absolute atomic E-state index is 0.297. The molecule has 0 aromatic carbocycles. The number of piperidine rings is 1. The number of hydrogen-bond acceptors (Lipinski definition) is 5. The zero-order valence-electron chi connectivity index (χ0n) is 15.9. The second-order valence-corrected chi connectivity index (χ2v) is 9.07. The number of nitrogens with zero attached hydrogens (tertiary/aromatic N) is 4. The molecule has 0 bridgehead atoms. The van der Waals surface area contributed by atoms with Gasteiger partial charge in [0, 0.05) is 45.5 Å². The van der Waals surface area contributed by atoms with Crippen LogP contribution in [-0.2, 0) is 22.7 Å². The monoisotopic (exact) mass is 386 g/mol. The number of aromatic nitrogens is 2. The summed E-state index contributed by atoms with van der Waals surface area (Å²) in [6, 6.07) is 0. The van der Waals surface area contributed by atoms with Gasteiger partial charge in [-0.25, -0.2) is 12.7 Å². The Hall–Kier alpha value is -1.65. The van der Waals surface area contributed by atoms with E-state index in [1.807, 2.05) is 7.05 Å². The van der Waals surface area contributed by atoms with Gasteiger partial charge in [-0.3, -0.25) is 9.67 Å². The Balaban J connectivity index is 1.78. The van der Waals surface area contributed by atoms with Crippen molar-refractivity contribution >= 4 is 16.0 Å². The van der Waals surface area contributed by atoms with Crippen LogP contribution in [0.1, 0.15) is 25.3 Å². The SMILES string of the molecule is CN=C(NCC1CCN(S(C)(=O)=O)CC1)NCC(C)(O)c1cnn(C)c1. The number of guanidine groups is 1. The first-order valence-electron chi connectivity index (χ1n) is 8.73. The second kappa shape index (κ2) is 8.36. The number of hydrogen-bond donors (Lipinski definition) is 3. The van der Waals surface area contributed by atoms with Crippen molar-refractivity contribution in [3.8, 4) is 0 Å². The van der Waals surface area contributed by atoms with Gasteiger partial charge in [0.2, 0.25) is 10.0 Å². The molecule has 2 heterocycles. The predicted octanol–water partition coefficient (Wildman–Crippen LogP) is -0.536. The van der Waals surface area contributed by atoms with Gasteiger partial charge in [0.05, 0.1) is 19.0 Å². The second-order valence-electron chi connectivity index (χ2n) is 7.09. The van der Waals surface area contributed by atoms with Crippen molar-refractivity contribution in [2.24, 2.45) is 18.0 Å². The summed E-state index contributed by atoms with van der Waals surface area (Å²) in [5, 5.41) is 21.1. The predicted molar refractivity (Wildman–Crippen MR) is 101 cm³/mol. The molecule has 1 unspecified atom stereocenters. The fourth-order valence-corrected chi connectivity index (χ4v) is 3.84. The normalized spacial score (nSPS) is 20.0. The maximum Gasteiger partial charge on any atom is 0.211 e. The Morgan fingerprint density at radius 1 is 1.42 bits per heavy atom. The third-order valence-corrected chi connectivity index (χ3v) is 6.05. The third-order valence-electron chi connectivity index (χ3n) is 4.75. The average molecular weight is 387 g/mol. The molecule has 1 aliphatic heterocycles. The molecule has 10 heteroatoms. The minimum atomic E-state index is -3.09. The van der Waals surface area contributed by atoms with Crippen LogP contribution in [0.25, 0.3) is 0 Å². The van der Waals surface area contributed by atoms with Gasteiger partial charge in [0.1, 0.15) is 5.60 Å². The Labute approximate surface area is 155 Å². The highest BCUT2D eigenvalue weighted by Crippen LogP contribution is 2.19. The van der Waals surface area contributed by atoms with E-state index in [1.165, 1.54) is 10.6 Å². The molecule has 1 aromatic rings. The highest BCUT2D eigenvalue weighted by Gasteiger charge is 2.26. The quantitative estimate of drug-likeness (QED) is 0.447. The van der Waals surface area contributed by atoms with E-state index in [9.17, 15) is 13.5 Å². The molecule has 9 nitrogen and oxygen atoms in total. The standard InChI is InChI=1S/C16H30N6O3S/c1-16(23,14-10-20-21(3)11-14)12-19-15(17-2)18-9-13-5-7-22(8-6-13)26(4,24)25/h10-11,13,23H,5-9,12H2,1-4H3,(H2,17,18,19). The molecule has 0 spiro atoms. The van der Waals surface area contributed by atoms with Crippen LogP contribution in [0.3, 0.4) is 0 Å². The van der Waals surface area contributed by atoms with E-state index in [2.05, 4.69) is 20.7 Å².